The molecule has 0 aliphatic heterocycles. The average molecular weight is 238 g/mol. The second-order valence-corrected chi connectivity index (χ2v) is 6.62. The number of rotatable bonds is 2. The summed E-state index contributed by atoms with van der Waals surface area (Å²) in [6.07, 6.45) is 6.77. The second-order valence-electron chi connectivity index (χ2n) is 6.62. The van der Waals surface area contributed by atoms with Gasteiger partial charge < -0.3 is 9.47 Å². The van der Waals surface area contributed by atoms with Crippen molar-refractivity contribution in [2.75, 3.05) is 0 Å². The van der Waals surface area contributed by atoms with Crippen LogP contribution in [0.4, 0.5) is 4.79 Å². The van der Waals surface area contributed by atoms with Gasteiger partial charge in [-0.15, -0.1) is 0 Å². The van der Waals surface area contributed by atoms with E-state index in [1.165, 1.54) is 19.3 Å². The summed E-state index contributed by atoms with van der Waals surface area (Å²) >= 11 is 0. The maximum atomic E-state index is 11.7. The van der Waals surface area contributed by atoms with Crippen LogP contribution in [0.15, 0.2) is 0 Å². The highest BCUT2D eigenvalue weighted by atomic mass is 16.7. The molecule has 4 fully saturated rings. The fraction of sp³-hybridized carbons (Fsp3) is 0.929. The van der Waals surface area contributed by atoms with Crippen LogP contribution in [0.5, 0.6) is 0 Å². The third kappa shape index (κ3) is 2.16. The Morgan fingerprint density at radius 2 is 1.53 bits per heavy atom. The van der Waals surface area contributed by atoms with Crippen molar-refractivity contribution in [2.45, 2.75) is 64.1 Å². The van der Waals surface area contributed by atoms with Crippen molar-refractivity contribution in [3.05, 3.63) is 0 Å². The van der Waals surface area contributed by atoms with E-state index in [2.05, 4.69) is 0 Å². The Bertz CT molecular complexity index is 286. The lowest BCUT2D eigenvalue weighted by atomic mass is 9.54. The number of carbonyl (C=O) groups excluding carboxylic acids is 1. The lowest BCUT2D eigenvalue weighted by Crippen LogP contribution is -2.52. The van der Waals surface area contributed by atoms with E-state index >= 15 is 0 Å². The SMILES string of the molecule is CC(C)OC(=O)OC12CC3CC(CC(C3)C1)C2. The summed E-state index contributed by atoms with van der Waals surface area (Å²) in [7, 11) is 0. The Morgan fingerprint density at radius 3 is 1.94 bits per heavy atom. The smallest absolute Gasteiger partial charge is 0.432 e. The van der Waals surface area contributed by atoms with Gasteiger partial charge in [0.05, 0.1) is 6.10 Å². The Labute approximate surface area is 103 Å². The van der Waals surface area contributed by atoms with Crippen molar-refractivity contribution in [3.8, 4) is 0 Å². The molecule has 17 heavy (non-hydrogen) atoms. The van der Waals surface area contributed by atoms with Crippen molar-refractivity contribution in [1.29, 1.82) is 0 Å². The standard InChI is InChI=1S/C14H22O3/c1-9(2)16-13(15)17-14-6-10-3-11(7-14)5-12(4-10)8-14/h9-12H,3-8H2,1-2H3. The molecule has 4 aliphatic rings. The molecular weight excluding hydrogens is 216 g/mol. The quantitative estimate of drug-likeness (QED) is 0.690. The van der Waals surface area contributed by atoms with Gasteiger partial charge in [-0.25, -0.2) is 4.79 Å². The molecule has 4 bridgehead atoms. The minimum Gasteiger partial charge on any atom is -0.432 e. The van der Waals surface area contributed by atoms with Crippen LogP contribution >= 0.6 is 0 Å². The second kappa shape index (κ2) is 3.89. The zero-order valence-corrected chi connectivity index (χ0v) is 10.8. The van der Waals surface area contributed by atoms with Crippen LogP contribution in [0.25, 0.3) is 0 Å². The minimum atomic E-state index is -0.457. The summed E-state index contributed by atoms with van der Waals surface area (Å²) in [6, 6.07) is 0. The van der Waals surface area contributed by atoms with Gasteiger partial charge in [-0.05, 0) is 70.1 Å². The van der Waals surface area contributed by atoms with Crippen LogP contribution in [0.1, 0.15) is 52.4 Å². The van der Waals surface area contributed by atoms with Gasteiger partial charge in [0.15, 0.2) is 0 Å². The highest BCUT2D eigenvalue weighted by Crippen LogP contribution is 2.57. The fourth-order valence-corrected chi connectivity index (χ4v) is 4.55. The molecule has 96 valence electrons. The van der Waals surface area contributed by atoms with Crippen LogP contribution in [0, 0.1) is 17.8 Å². The summed E-state index contributed by atoms with van der Waals surface area (Å²) in [6.45, 7) is 3.72. The predicted molar refractivity (Wildman–Crippen MR) is 63.6 cm³/mol. The first-order valence-corrected chi connectivity index (χ1v) is 6.94. The summed E-state index contributed by atoms with van der Waals surface area (Å²) in [4.78, 5) is 11.7. The van der Waals surface area contributed by atoms with Gasteiger partial charge >= 0.3 is 6.16 Å². The summed E-state index contributed by atoms with van der Waals surface area (Å²) in [5, 5.41) is 0. The van der Waals surface area contributed by atoms with Crippen LogP contribution < -0.4 is 0 Å². The van der Waals surface area contributed by atoms with Crippen LogP contribution in [-0.4, -0.2) is 17.9 Å². The average Bonchev–Trinajstić information content (AvgIpc) is 2.11. The Hall–Kier alpha value is -0.730. The Morgan fingerprint density at radius 1 is 1.06 bits per heavy atom. The molecule has 0 saturated heterocycles. The maximum Gasteiger partial charge on any atom is 0.509 e. The Balaban J connectivity index is 1.68. The summed E-state index contributed by atoms with van der Waals surface area (Å²) in [5.41, 5.74) is -0.166. The van der Waals surface area contributed by atoms with E-state index in [0.717, 1.165) is 37.0 Å². The molecule has 3 nitrogen and oxygen atoms in total. The summed E-state index contributed by atoms with van der Waals surface area (Å²) in [5.74, 6) is 2.40. The Kier molecular flexibility index (Phi) is 2.60. The van der Waals surface area contributed by atoms with E-state index in [1.54, 1.807) is 0 Å². The molecular formula is C14H22O3. The minimum absolute atomic E-state index is 0.0867. The van der Waals surface area contributed by atoms with Crippen molar-refractivity contribution in [2.24, 2.45) is 17.8 Å². The van der Waals surface area contributed by atoms with Crippen molar-refractivity contribution in [3.63, 3.8) is 0 Å². The molecule has 0 atom stereocenters. The molecule has 0 aromatic rings. The first kappa shape index (κ1) is 11.4. The van der Waals surface area contributed by atoms with Gasteiger partial charge in [-0.2, -0.15) is 0 Å². The third-order valence-corrected chi connectivity index (χ3v) is 4.61. The van der Waals surface area contributed by atoms with E-state index in [-0.39, 0.29) is 11.7 Å². The zero-order chi connectivity index (χ0) is 12.0. The molecule has 0 aromatic heterocycles. The number of hydrogen-bond donors (Lipinski definition) is 0. The number of carbonyl (C=O) groups is 1. The van der Waals surface area contributed by atoms with Crippen LogP contribution in [0.3, 0.4) is 0 Å². The van der Waals surface area contributed by atoms with E-state index in [4.69, 9.17) is 9.47 Å². The zero-order valence-electron chi connectivity index (χ0n) is 10.8. The monoisotopic (exact) mass is 238 g/mol. The first-order valence-electron chi connectivity index (χ1n) is 6.94. The van der Waals surface area contributed by atoms with Gasteiger partial charge in [0.1, 0.15) is 5.60 Å². The van der Waals surface area contributed by atoms with Crippen molar-refractivity contribution in [1.82, 2.24) is 0 Å². The molecule has 4 saturated carbocycles. The van der Waals surface area contributed by atoms with E-state index in [1.807, 2.05) is 13.8 Å². The topological polar surface area (TPSA) is 35.5 Å². The van der Waals surface area contributed by atoms with Gasteiger partial charge in [0.25, 0.3) is 0 Å². The van der Waals surface area contributed by atoms with Crippen LogP contribution in [0.2, 0.25) is 0 Å². The lowest BCUT2D eigenvalue weighted by molar-refractivity contribution is -0.144. The van der Waals surface area contributed by atoms with Gasteiger partial charge in [0, 0.05) is 0 Å². The van der Waals surface area contributed by atoms with Crippen molar-refractivity contribution < 1.29 is 14.3 Å². The number of ether oxygens (including phenoxy) is 2. The highest BCUT2D eigenvalue weighted by Gasteiger charge is 2.53. The molecule has 0 aromatic carbocycles. The molecule has 4 rings (SSSR count). The highest BCUT2D eigenvalue weighted by molar-refractivity contribution is 5.61. The molecule has 0 N–H and O–H groups in total. The molecule has 0 heterocycles. The molecule has 0 amide bonds. The predicted octanol–water partition coefficient (Wildman–Crippen LogP) is 3.52. The van der Waals surface area contributed by atoms with Crippen LogP contribution in [-0.2, 0) is 9.47 Å². The van der Waals surface area contributed by atoms with Crippen molar-refractivity contribution >= 4 is 6.16 Å². The third-order valence-electron chi connectivity index (χ3n) is 4.61. The van der Waals surface area contributed by atoms with E-state index in [9.17, 15) is 4.79 Å². The number of hydrogen-bond acceptors (Lipinski definition) is 3. The normalized spacial score (nSPS) is 42.9. The lowest BCUT2D eigenvalue weighted by Gasteiger charge is -2.55. The fourth-order valence-electron chi connectivity index (χ4n) is 4.55. The molecule has 0 radical (unpaired) electrons. The van der Waals surface area contributed by atoms with E-state index in [0.29, 0.717) is 0 Å². The largest absolute Gasteiger partial charge is 0.509 e. The molecule has 3 heteroatoms. The molecule has 0 spiro atoms. The van der Waals surface area contributed by atoms with Gasteiger partial charge in [-0.3, -0.25) is 0 Å². The maximum absolute atomic E-state index is 11.7. The molecule has 0 unspecified atom stereocenters. The molecule has 4 aliphatic carbocycles. The van der Waals surface area contributed by atoms with Gasteiger partial charge in [-0.1, -0.05) is 0 Å². The van der Waals surface area contributed by atoms with Gasteiger partial charge in [0.2, 0.25) is 0 Å². The summed E-state index contributed by atoms with van der Waals surface area (Å²) < 4.78 is 10.8. The van der Waals surface area contributed by atoms with E-state index < -0.39 is 6.16 Å². The first-order chi connectivity index (χ1) is 8.05.